The molecule has 0 aromatic carbocycles. The van der Waals surface area contributed by atoms with Gasteiger partial charge in [0, 0.05) is 20.2 Å². The lowest BCUT2D eigenvalue weighted by atomic mass is 10.5. The average molecular weight is 164 g/mol. The largest absolute Gasteiger partial charge is 0.420 e. The predicted molar refractivity (Wildman–Crippen MR) is 41.2 cm³/mol. The lowest BCUT2D eigenvalue weighted by Gasteiger charge is -1.83. The van der Waals surface area contributed by atoms with Crippen LogP contribution in [0.2, 0.25) is 0 Å². The summed E-state index contributed by atoms with van der Waals surface area (Å²) in [6.07, 6.45) is 3.52. The summed E-state index contributed by atoms with van der Waals surface area (Å²) in [5.41, 5.74) is 0.707. The third kappa shape index (κ3) is 1.09. The molecule has 5 heteroatoms. The van der Waals surface area contributed by atoms with E-state index in [9.17, 15) is 0 Å². The molecule has 0 saturated carbocycles. The average Bonchev–Trinajstić information content (AvgIpc) is 2.58. The summed E-state index contributed by atoms with van der Waals surface area (Å²) < 4.78 is 7.01. The minimum Gasteiger partial charge on any atom is -0.420 e. The van der Waals surface area contributed by atoms with Crippen LogP contribution in [-0.4, -0.2) is 19.7 Å². The van der Waals surface area contributed by atoms with E-state index in [1.54, 1.807) is 13.3 Å². The molecule has 2 rings (SSSR count). The first-order valence-electron chi connectivity index (χ1n) is 3.54. The van der Waals surface area contributed by atoms with Crippen LogP contribution in [0.25, 0.3) is 11.6 Å². The monoisotopic (exact) mass is 164 g/mol. The minimum atomic E-state index is 0.466. The van der Waals surface area contributed by atoms with Gasteiger partial charge in [-0.3, -0.25) is 0 Å². The summed E-state index contributed by atoms with van der Waals surface area (Å²) in [7, 11) is 1.89. The normalized spacial score (nSPS) is 10.5. The molecule has 0 spiro atoms. The van der Waals surface area contributed by atoms with Crippen LogP contribution in [0.5, 0.6) is 0 Å². The molecule has 5 nitrogen and oxygen atoms in total. The second-order valence-electron chi connectivity index (χ2n) is 2.55. The molecule has 0 atom stereocenters. The number of aromatic nitrogens is 4. The fraction of sp³-hybridized carbons (Fsp3) is 0.286. The van der Waals surface area contributed by atoms with Gasteiger partial charge in [-0.05, 0) is 0 Å². The molecule has 0 fully saturated rings. The summed E-state index contributed by atoms with van der Waals surface area (Å²) in [4.78, 5) is 4.07. The summed E-state index contributed by atoms with van der Waals surface area (Å²) >= 11 is 0. The van der Waals surface area contributed by atoms with E-state index in [4.69, 9.17) is 4.42 Å². The first-order valence-corrected chi connectivity index (χ1v) is 3.54. The Kier molecular flexibility index (Phi) is 1.43. The molecule has 0 amide bonds. The molecule has 2 aromatic rings. The maximum Gasteiger partial charge on any atom is 0.267 e. The van der Waals surface area contributed by atoms with Crippen molar-refractivity contribution in [1.82, 2.24) is 19.7 Å². The topological polar surface area (TPSA) is 56.7 Å². The third-order valence-corrected chi connectivity index (χ3v) is 1.45. The summed E-state index contributed by atoms with van der Waals surface area (Å²) in [6, 6.07) is 0. The molecule has 2 aromatic heterocycles. The van der Waals surface area contributed by atoms with Crippen LogP contribution in [0.15, 0.2) is 16.9 Å². The standard InChI is InChI=1S/C7H8N4O/c1-5-9-10-7(12-5)6-3-11(2)4-8-6/h3-4H,1-2H3. The lowest BCUT2D eigenvalue weighted by molar-refractivity contribution is 0.531. The highest BCUT2D eigenvalue weighted by atomic mass is 16.4. The highest BCUT2D eigenvalue weighted by Crippen LogP contribution is 2.13. The van der Waals surface area contributed by atoms with Gasteiger partial charge in [-0.2, -0.15) is 0 Å². The lowest BCUT2D eigenvalue weighted by Crippen LogP contribution is -1.78. The molecular formula is C7H8N4O. The van der Waals surface area contributed by atoms with Gasteiger partial charge in [-0.15, -0.1) is 10.2 Å². The van der Waals surface area contributed by atoms with Gasteiger partial charge in [0.15, 0.2) is 0 Å². The van der Waals surface area contributed by atoms with Crippen LogP contribution >= 0.6 is 0 Å². The van der Waals surface area contributed by atoms with E-state index < -0.39 is 0 Å². The van der Waals surface area contributed by atoms with Gasteiger partial charge in [0.25, 0.3) is 5.89 Å². The predicted octanol–water partition coefficient (Wildman–Crippen LogP) is 0.779. The van der Waals surface area contributed by atoms with E-state index in [1.807, 2.05) is 17.8 Å². The smallest absolute Gasteiger partial charge is 0.267 e. The number of imidazole rings is 1. The first-order chi connectivity index (χ1) is 5.75. The number of nitrogens with zero attached hydrogens (tertiary/aromatic N) is 4. The number of rotatable bonds is 1. The second-order valence-corrected chi connectivity index (χ2v) is 2.55. The molecular weight excluding hydrogens is 156 g/mol. The molecule has 0 radical (unpaired) electrons. The fourth-order valence-electron chi connectivity index (χ4n) is 0.923. The van der Waals surface area contributed by atoms with Crippen molar-refractivity contribution in [3.05, 3.63) is 18.4 Å². The zero-order valence-corrected chi connectivity index (χ0v) is 6.85. The highest BCUT2D eigenvalue weighted by Gasteiger charge is 2.07. The highest BCUT2D eigenvalue weighted by molar-refractivity contribution is 5.43. The number of aryl methyl sites for hydroxylation is 2. The molecule has 0 aliphatic rings. The molecule has 0 aliphatic heterocycles. The molecule has 2 heterocycles. The minimum absolute atomic E-state index is 0.466. The Morgan fingerprint density at radius 2 is 2.25 bits per heavy atom. The van der Waals surface area contributed by atoms with Crippen molar-refractivity contribution in [2.75, 3.05) is 0 Å². The fourth-order valence-corrected chi connectivity index (χ4v) is 0.923. The molecule has 0 N–H and O–H groups in total. The SMILES string of the molecule is Cc1nnc(-c2cn(C)cn2)o1. The Hall–Kier alpha value is -1.65. The maximum atomic E-state index is 5.18. The van der Waals surface area contributed by atoms with Crippen LogP contribution in [0.4, 0.5) is 0 Å². The quantitative estimate of drug-likeness (QED) is 0.624. The van der Waals surface area contributed by atoms with Crippen LogP contribution in [0, 0.1) is 6.92 Å². The van der Waals surface area contributed by atoms with Gasteiger partial charge in [0.1, 0.15) is 5.69 Å². The zero-order valence-electron chi connectivity index (χ0n) is 6.85. The van der Waals surface area contributed by atoms with Crippen LogP contribution in [0.3, 0.4) is 0 Å². The molecule has 12 heavy (non-hydrogen) atoms. The maximum absolute atomic E-state index is 5.18. The van der Waals surface area contributed by atoms with Crippen molar-refractivity contribution < 1.29 is 4.42 Å². The van der Waals surface area contributed by atoms with Gasteiger partial charge in [0.05, 0.1) is 6.33 Å². The third-order valence-electron chi connectivity index (χ3n) is 1.45. The van der Waals surface area contributed by atoms with E-state index in [-0.39, 0.29) is 0 Å². The second kappa shape index (κ2) is 2.44. The van der Waals surface area contributed by atoms with Gasteiger partial charge in [-0.1, -0.05) is 0 Å². The van der Waals surface area contributed by atoms with E-state index in [0.29, 0.717) is 17.5 Å². The van der Waals surface area contributed by atoms with E-state index in [1.165, 1.54) is 0 Å². The van der Waals surface area contributed by atoms with E-state index >= 15 is 0 Å². The Bertz CT molecular complexity index is 351. The van der Waals surface area contributed by atoms with Crippen LogP contribution < -0.4 is 0 Å². The van der Waals surface area contributed by atoms with E-state index in [2.05, 4.69) is 15.2 Å². The van der Waals surface area contributed by atoms with Crippen molar-refractivity contribution in [3.8, 4) is 11.6 Å². The molecule has 0 unspecified atom stereocenters. The molecule has 0 bridgehead atoms. The van der Waals surface area contributed by atoms with Crippen molar-refractivity contribution >= 4 is 0 Å². The van der Waals surface area contributed by atoms with Crippen molar-refractivity contribution in [2.24, 2.45) is 7.05 Å². The summed E-state index contributed by atoms with van der Waals surface area (Å²) in [5, 5.41) is 7.54. The Balaban J connectivity index is 2.43. The Labute approximate surface area is 69.1 Å². The number of hydrogen-bond donors (Lipinski definition) is 0. The van der Waals surface area contributed by atoms with Gasteiger partial charge in [-0.25, -0.2) is 4.98 Å². The van der Waals surface area contributed by atoms with Crippen molar-refractivity contribution in [2.45, 2.75) is 6.92 Å². The van der Waals surface area contributed by atoms with Gasteiger partial charge in [0.2, 0.25) is 5.89 Å². The Morgan fingerprint density at radius 3 is 2.75 bits per heavy atom. The zero-order chi connectivity index (χ0) is 8.55. The summed E-state index contributed by atoms with van der Waals surface area (Å²) in [5.74, 6) is 1.02. The van der Waals surface area contributed by atoms with Gasteiger partial charge >= 0.3 is 0 Å². The summed E-state index contributed by atoms with van der Waals surface area (Å²) in [6.45, 7) is 1.75. The van der Waals surface area contributed by atoms with Gasteiger partial charge < -0.3 is 8.98 Å². The number of hydrogen-bond acceptors (Lipinski definition) is 4. The van der Waals surface area contributed by atoms with E-state index in [0.717, 1.165) is 0 Å². The first kappa shape index (κ1) is 7.02. The molecule has 0 saturated heterocycles. The van der Waals surface area contributed by atoms with Crippen LogP contribution in [-0.2, 0) is 7.05 Å². The molecule has 62 valence electrons. The van der Waals surface area contributed by atoms with Crippen molar-refractivity contribution in [1.29, 1.82) is 0 Å². The van der Waals surface area contributed by atoms with Crippen LogP contribution in [0.1, 0.15) is 5.89 Å². The van der Waals surface area contributed by atoms with Crippen molar-refractivity contribution in [3.63, 3.8) is 0 Å². The molecule has 0 aliphatic carbocycles. The Morgan fingerprint density at radius 1 is 1.42 bits per heavy atom.